The zero-order valence-electron chi connectivity index (χ0n) is 12.9. The SMILES string of the molecule is Cc1cccc(OCC(=O)NNC(=O)C[C@H]2CCS(=O)(=O)C2)c1. The fraction of sp³-hybridized carbons (Fsp3) is 0.467. The molecular formula is C15H20N2O5S. The number of hydrogen-bond donors (Lipinski definition) is 2. The number of benzene rings is 1. The third kappa shape index (κ3) is 5.90. The Bertz CT molecular complexity index is 687. The predicted molar refractivity (Wildman–Crippen MR) is 84.3 cm³/mol. The van der Waals surface area contributed by atoms with Crippen LogP contribution in [0.25, 0.3) is 0 Å². The molecule has 1 saturated heterocycles. The highest BCUT2D eigenvalue weighted by Crippen LogP contribution is 2.21. The second kappa shape index (κ2) is 7.45. The number of sulfone groups is 1. The van der Waals surface area contributed by atoms with E-state index in [0.29, 0.717) is 12.2 Å². The number of hydrogen-bond acceptors (Lipinski definition) is 5. The molecular weight excluding hydrogens is 320 g/mol. The van der Waals surface area contributed by atoms with Gasteiger partial charge in [0, 0.05) is 6.42 Å². The standard InChI is InChI=1S/C15H20N2O5S/c1-11-3-2-4-13(7-11)22-9-15(19)17-16-14(18)8-12-5-6-23(20,21)10-12/h2-4,7,12H,5-6,8-10H2,1H3,(H,16,18)(H,17,19)/t12-/m1/s1. The van der Waals surface area contributed by atoms with Gasteiger partial charge in [-0.05, 0) is 37.0 Å². The van der Waals surface area contributed by atoms with Gasteiger partial charge in [-0.2, -0.15) is 0 Å². The molecule has 23 heavy (non-hydrogen) atoms. The molecule has 1 aromatic carbocycles. The Hall–Kier alpha value is -2.09. The molecule has 0 aliphatic carbocycles. The lowest BCUT2D eigenvalue weighted by Crippen LogP contribution is -2.44. The van der Waals surface area contributed by atoms with Gasteiger partial charge in [-0.25, -0.2) is 8.42 Å². The van der Waals surface area contributed by atoms with Gasteiger partial charge in [0.15, 0.2) is 16.4 Å². The first-order chi connectivity index (χ1) is 10.8. The van der Waals surface area contributed by atoms with Gasteiger partial charge in [-0.15, -0.1) is 0 Å². The van der Waals surface area contributed by atoms with Crippen LogP contribution in [-0.4, -0.2) is 38.3 Å². The van der Waals surface area contributed by atoms with E-state index in [1.807, 2.05) is 19.1 Å². The second-order valence-electron chi connectivity index (χ2n) is 5.67. The van der Waals surface area contributed by atoms with Crippen molar-refractivity contribution in [2.24, 2.45) is 5.92 Å². The van der Waals surface area contributed by atoms with E-state index in [1.165, 1.54) is 0 Å². The minimum atomic E-state index is -3.00. The molecule has 0 bridgehead atoms. The van der Waals surface area contributed by atoms with Gasteiger partial charge in [0.05, 0.1) is 11.5 Å². The van der Waals surface area contributed by atoms with Gasteiger partial charge in [-0.1, -0.05) is 12.1 Å². The van der Waals surface area contributed by atoms with E-state index in [2.05, 4.69) is 10.9 Å². The van der Waals surface area contributed by atoms with Crippen LogP contribution < -0.4 is 15.6 Å². The van der Waals surface area contributed by atoms with E-state index < -0.39 is 21.7 Å². The summed E-state index contributed by atoms with van der Waals surface area (Å²) in [5.41, 5.74) is 5.54. The van der Waals surface area contributed by atoms with Crippen LogP contribution in [0, 0.1) is 12.8 Å². The van der Waals surface area contributed by atoms with Crippen molar-refractivity contribution in [2.75, 3.05) is 18.1 Å². The van der Waals surface area contributed by atoms with E-state index in [-0.39, 0.29) is 30.5 Å². The zero-order valence-corrected chi connectivity index (χ0v) is 13.7. The van der Waals surface area contributed by atoms with E-state index in [4.69, 9.17) is 4.74 Å². The molecule has 1 aliphatic rings. The van der Waals surface area contributed by atoms with Gasteiger partial charge in [-0.3, -0.25) is 20.4 Å². The van der Waals surface area contributed by atoms with Gasteiger partial charge >= 0.3 is 0 Å². The fourth-order valence-electron chi connectivity index (χ4n) is 2.38. The third-order valence-electron chi connectivity index (χ3n) is 3.50. The molecule has 7 nitrogen and oxygen atoms in total. The molecule has 0 radical (unpaired) electrons. The molecule has 1 fully saturated rings. The number of rotatable bonds is 5. The van der Waals surface area contributed by atoms with Crippen molar-refractivity contribution in [1.82, 2.24) is 10.9 Å². The van der Waals surface area contributed by atoms with Crippen molar-refractivity contribution >= 4 is 21.7 Å². The summed E-state index contributed by atoms with van der Waals surface area (Å²) < 4.78 is 27.9. The Morgan fingerprint density at radius 2 is 2.00 bits per heavy atom. The summed E-state index contributed by atoms with van der Waals surface area (Å²) in [6.45, 7) is 1.69. The van der Waals surface area contributed by atoms with Crippen molar-refractivity contribution in [3.05, 3.63) is 29.8 Å². The summed E-state index contributed by atoms with van der Waals surface area (Å²) in [7, 11) is -3.00. The Morgan fingerprint density at radius 3 is 2.65 bits per heavy atom. The van der Waals surface area contributed by atoms with Crippen molar-refractivity contribution in [3.63, 3.8) is 0 Å². The number of amides is 2. The number of nitrogens with one attached hydrogen (secondary N) is 2. The third-order valence-corrected chi connectivity index (χ3v) is 5.34. The highest BCUT2D eigenvalue weighted by Gasteiger charge is 2.29. The molecule has 8 heteroatoms. The van der Waals surface area contributed by atoms with Gasteiger partial charge in [0.25, 0.3) is 5.91 Å². The second-order valence-corrected chi connectivity index (χ2v) is 7.90. The Labute approximate surface area is 135 Å². The molecule has 0 saturated carbocycles. The topological polar surface area (TPSA) is 102 Å². The van der Waals surface area contributed by atoms with Crippen LogP contribution in [0.5, 0.6) is 5.75 Å². The van der Waals surface area contributed by atoms with Crippen LogP contribution in [0.3, 0.4) is 0 Å². The fourth-order valence-corrected chi connectivity index (χ4v) is 4.24. The highest BCUT2D eigenvalue weighted by atomic mass is 32.2. The Balaban J connectivity index is 1.67. The van der Waals surface area contributed by atoms with Gasteiger partial charge in [0.2, 0.25) is 5.91 Å². The van der Waals surface area contributed by atoms with Gasteiger partial charge < -0.3 is 4.74 Å². The Morgan fingerprint density at radius 1 is 1.26 bits per heavy atom. The van der Waals surface area contributed by atoms with Crippen LogP contribution in [-0.2, 0) is 19.4 Å². The normalized spacial score (nSPS) is 19.1. The van der Waals surface area contributed by atoms with Crippen LogP contribution in [0.4, 0.5) is 0 Å². The minimum absolute atomic E-state index is 0.0326. The lowest BCUT2D eigenvalue weighted by atomic mass is 10.1. The maximum Gasteiger partial charge on any atom is 0.276 e. The number of ether oxygens (including phenoxy) is 1. The lowest BCUT2D eigenvalue weighted by Gasteiger charge is -2.11. The molecule has 2 amide bonds. The van der Waals surface area contributed by atoms with Crippen LogP contribution in [0.15, 0.2) is 24.3 Å². The molecule has 2 rings (SSSR count). The molecule has 2 N–H and O–H groups in total. The molecule has 1 aliphatic heterocycles. The van der Waals surface area contributed by atoms with Crippen molar-refractivity contribution < 1.29 is 22.7 Å². The Kier molecular flexibility index (Phi) is 5.59. The highest BCUT2D eigenvalue weighted by molar-refractivity contribution is 7.91. The smallest absolute Gasteiger partial charge is 0.276 e. The monoisotopic (exact) mass is 340 g/mol. The molecule has 0 aromatic heterocycles. The van der Waals surface area contributed by atoms with Crippen molar-refractivity contribution in [1.29, 1.82) is 0 Å². The zero-order chi connectivity index (χ0) is 16.9. The van der Waals surface area contributed by atoms with E-state index in [1.54, 1.807) is 12.1 Å². The van der Waals surface area contributed by atoms with Crippen LogP contribution in [0.2, 0.25) is 0 Å². The van der Waals surface area contributed by atoms with E-state index >= 15 is 0 Å². The molecule has 0 unspecified atom stereocenters. The van der Waals surface area contributed by atoms with E-state index in [9.17, 15) is 18.0 Å². The van der Waals surface area contributed by atoms with Crippen molar-refractivity contribution in [2.45, 2.75) is 19.8 Å². The maximum atomic E-state index is 11.7. The summed E-state index contributed by atoms with van der Waals surface area (Å²) >= 11 is 0. The summed E-state index contributed by atoms with van der Waals surface area (Å²) in [6, 6.07) is 7.27. The van der Waals surface area contributed by atoms with E-state index in [0.717, 1.165) is 5.56 Å². The first-order valence-electron chi connectivity index (χ1n) is 7.31. The summed E-state index contributed by atoms with van der Waals surface area (Å²) in [5.74, 6) is -0.343. The molecule has 0 spiro atoms. The molecule has 1 atom stereocenters. The summed E-state index contributed by atoms with van der Waals surface area (Å²) in [4.78, 5) is 23.3. The quantitative estimate of drug-likeness (QED) is 0.753. The maximum absolute atomic E-state index is 11.7. The van der Waals surface area contributed by atoms with Crippen molar-refractivity contribution in [3.8, 4) is 5.75 Å². The van der Waals surface area contributed by atoms with Crippen LogP contribution >= 0.6 is 0 Å². The first kappa shape index (κ1) is 17.3. The van der Waals surface area contributed by atoms with Gasteiger partial charge in [0.1, 0.15) is 5.75 Å². The first-order valence-corrected chi connectivity index (χ1v) is 9.14. The number of hydrazine groups is 1. The molecule has 126 valence electrons. The summed E-state index contributed by atoms with van der Waals surface area (Å²) in [6.07, 6.45) is 0.568. The lowest BCUT2D eigenvalue weighted by molar-refractivity contribution is -0.130. The number of carbonyl (C=O) groups excluding carboxylic acids is 2. The largest absolute Gasteiger partial charge is 0.484 e. The minimum Gasteiger partial charge on any atom is -0.484 e. The molecule has 1 heterocycles. The predicted octanol–water partition coefficient (Wildman–Crippen LogP) is 0.346. The van der Waals surface area contributed by atoms with Crippen LogP contribution in [0.1, 0.15) is 18.4 Å². The average molecular weight is 340 g/mol. The molecule has 1 aromatic rings. The number of carbonyl (C=O) groups is 2. The summed E-state index contributed by atoms with van der Waals surface area (Å²) in [5, 5.41) is 0. The average Bonchev–Trinajstić information content (AvgIpc) is 2.82. The number of aryl methyl sites for hydroxylation is 1.